The molecule has 164 valence electrons. The summed E-state index contributed by atoms with van der Waals surface area (Å²) in [5, 5.41) is 5.21. The first-order valence-corrected chi connectivity index (χ1v) is 11.7. The molecular weight excluding hydrogens is 442 g/mol. The SMILES string of the molecule is CCOC(=O)CCn1c(=NC(=O)COc2ccccc2)sc2cc(S(N)(=O)=O)ccc21. The third-order valence-electron chi connectivity index (χ3n) is 4.15. The van der Waals surface area contributed by atoms with Crippen molar-refractivity contribution in [1.82, 2.24) is 4.57 Å². The Hall–Kier alpha value is -3.02. The molecule has 1 heterocycles. The van der Waals surface area contributed by atoms with Crippen LogP contribution in [0.25, 0.3) is 10.2 Å². The van der Waals surface area contributed by atoms with Crippen LogP contribution in [0.4, 0.5) is 0 Å². The van der Waals surface area contributed by atoms with E-state index in [4.69, 9.17) is 14.6 Å². The van der Waals surface area contributed by atoms with Gasteiger partial charge in [0.1, 0.15) is 5.75 Å². The van der Waals surface area contributed by atoms with Gasteiger partial charge in [-0.15, -0.1) is 0 Å². The summed E-state index contributed by atoms with van der Waals surface area (Å²) in [6, 6.07) is 13.2. The summed E-state index contributed by atoms with van der Waals surface area (Å²) >= 11 is 1.12. The molecule has 0 unspecified atom stereocenters. The highest BCUT2D eigenvalue weighted by molar-refractivity contribution is 7.89. The Morgan fingerprint density at radius 3 is 2.58 bits per heavy atom. The van der Waals surface area contributed by atoms with Crippen LogP contribution in [0.1, 0.15) is 13.3 Å². The maximum absolute atomic E-state index is 12.4. The molecule has 0 aliphatic heterocycles. The number of amides is 1. The Kier molecular flexibility index (Phi) is 7.21. The zero-order valence-corrected chi connectivity index (χ0v) is 18.3. The molecule has 9 nitrogen and oxygen atoms in total. The molecule has 0 radical (unpaired) electrons. The molecule has 11 heteroatoms. The molecular formula is C20H21N3O6S2. The van der Waals surface area contributed by atoms with E-state index < -0.39 is 15.9 Å². The van der Waals surface area contributed by atoms with Crippen LogP contribution < -0.4 is 14.7 Å². The molecule has 0 saturated heterocycles. The third-order valence-corrected chi connectivity index (χ3v) is 6.11. The molecule has 2 aromatic carbocycles. The van der Waals surface area contributed by atoms with E-state index in [0.29, 0.717) is 20.8 Å². The van der Waals surface area contributed by atoms with Gasteiger partial charge in [0.25, 0.3) is 5.91 Å². The van der Waals surface area contributed by atoms with Crippen molar-refractivity contribution < 1.29 is 27.5 Å². The van der Waals surface area contributed by atoms with Gasteiger partial charge in [-0.1, -0.05) is 29.5 Å². The molecule has 1 amide bonds. The Bertz CT molecular complexity index is 1260. The van der Waals surface area contributed by atoms with Crippen LogP contribution in [0.2, 0.25) is 0 Å². The van der Waals surface area contributed by atoms with Crippen molar-refractivity contribution in [2.24, 2.45) is 10.1 Å². The lowest BCUT2D eigenvalue weighted by molar-refractivity contribution is -0.143. The van der Waals surface area contributed by atoms with Gasteiger partial charge in [-0.3, -0.25) is 9.59 Å². The van der Waals surface area contributed by atoms with Gasteiger partial charge in [-0.25, -0.2) is 13.6 Å². The van der Waals surface area contributed by atoms with Crippen molar-refractivity contribution in [3.05, 3.63) is 53.3 Å². The Morgan fingerprint density at radius 1 is 1.16 bits per heavy atom. The van der Waals surface area contributed by atoms with Gasteiger partial charge in [-0.2, -0.15) is 4.99 Å². The summed E-state index contributed by atoms with van der Waals surface area (Å²) in [5.74, 6) is -0.373. The number of hydrogen-bond acceptors (Lipinski definition) is 7. The first-order chi connectivity index (χ1) is 14.8. The van der Waals surface area contributed by atoms with Crippen LogP contribution in [0.5, 0.6) is 5.75 Å². The molecule has 3 aromatic rings. The molecule has 0 aliphatic carbocycles. The fourth-order valence-corrected chi connectivity index (χ4v) is 4.50. The minimum atomic E-state index is -3.89. The van der Waals surface area contributed by atoms with Gasteiger partial charge in [-0.05, 0) is 37.3 Å². The number of carbonyl (C=O) groups excluding carboxylic acids is 2. The van der Waals surface area contributed by atoms with E-state index in [1.807, 2.05) is 6.07 Å². The molecule has 0 saturated carbocycles. The number of para-hydroxylation sites is 1. The summed E-state index contributed by atoms with van der Waals surface area (Å²) in [4.78, 5) is 28.6. The van der Waals surface area contributed by atoms with Gasteiger partial charge < -0.3 is 14.0 Å². The number of sulfonamides is 1. The van der Waals surface area contributed by atoms with E-state index >= 15 is 0 Å². The summed E-state index contributed by atoms with van der Waals surface area (Å²) in [7, 11) is -3.89. The lowest BCUT2D eigenvalue weighted by atomic mass is 10.3. The number of rotatable bonds is 8. The van der Waals surface area contributed by atoms with Crippen molar-refractivity contribution in [3.63, 3.8) is 0 Å². The average Bonchev–Trinajstić information content (AvgIpc) is 3.07. The monoisotopic (exact) mass is 463 g/mol. The number of nitrogens with two attached hydrogens (primary N) is 1. The zero-order chi connectivity index (χ0) is 22.4. The second-order valence-electron chi connectivity index (χ2n) is 6.37. The van der Waals surface area contributed by atoms with Crippen molar-refractivity contribution in [2.45, 2.75) is 24.8 Å². The number of ether oxygens (including phenoxy) is 2. The van der Waals surface area contributed by atoms with Gasteiger partial charge in [0.2, 0.25) is 10.0 Å². The summed E-state index contributed by atoms with van der Waals surface area (Å²) in [6.07, 6.45) is 0.0680. The number of esters is 1. The molecule has 0 spiro atoms. The van der Waals surface area contributed by atoms with Gasteiger partial charge in [0.05, 0.1) is 28.1 Å². The molecule has 2 N–H and O–H groups in total. The molecule has 0 bridgehead atoms. The quantitative estimate of drug-likeness (QED) is 0.507. The summed E-state index contributed by atoms with van der Waals surface area (Å²) < 4.78 is 36.0. The number of nitrogens with zero attached hydrogens (tertiary/aromatic N) is 2. The Morgan fingerprint density at radius 2 is 1.90 bits per heavy atom. The predicted molar refractivity (Wildman–Crippen MR) is 115 cm³/mol. The van der Waals surface area contributed by atoms with E-state index in [-0.39, 0.29) is 37.0 Å². The normalized spacial score (nSPS) is 12.1. The first kappa shape index (κ1) is 22.7. The number of aryl methyl sites for hydroxylation is 1. The second kappa shape index (κ2) is 9.86. The molecule has 0 aliphatic rings. The molecule has 1 aromatic heterocycles. The van der Waals surface area contributed by atoms with Crippen LogP contribution in [-0.4, -0.2) is 38.1 Å². The van der Waals surface area contributed by atoms with Crippen LogP contribution >= 0.6 is 11.3 Å². The number of benzene rings is 2. The number of hydrogen-bond donors (Lipinski definition) is 1. The minimum absolute atomic E-state index is 0.0518. The van der Waals surface area contributed by atoms with E-state index in [9.17, 15) is 18.0 Å². The van der Waals surface area contributed by atoms with Gasteiger partial charge in [0.15, 0.2) is 11.4 Å². The van der Waals surface area contributed by atoms with Crippen LogP contribution in [0, 0.1) is 0 Å². The number of thiazole rings is 1. The summed E-state index contributed by atoms with van der Waals surface area (Å²) in [5.41, 5.74) is 0.622. The first-order valence-electron chi connectivity index (χ1n) is 9.35. The number of primary sulfonamides is 1. The molecule has 31 heavy (non-hydrogen) atoms. The minimum Gasteiger partial charge on any atom is -0.484 e. The fourth-order valence-electron chi connectivity index (χ4n) is 2.77. The zero-order valence-electron chi connectivity index (χ0n) is 16.7. The van der Waals surface area contributed by atoms with Crippen LogP contribution in [-0.2, 0) is 30.9 Å². The third kappa shape index (κ3) is 6.00. The standard InChI is InChI=1S/C20H21N3O6S2/c1-2-28-19(25)10-11-23-16-9-8-15(31(21,26)27)12-17(16)30-20(23)22-18(24)13-29-14-6-4-3-5-7-14/h3-9,12H,2,10-11,13H2,1H3,(H2,21,26,27). The number of aromatic nitrogens is 1. The molecule has 0 atom stereocenters. The van der Waals surface area contributed by atoms with E-state index in [0.717, 1.165) is 11.3 Å². The van der Waals surface area contributed by atoms with Crippen molar-refractivity contribution in [1.29, 1.82) is 0 Å². The second-order valence-corrected chi connectivity index (χ2v) is 8.94. The fraction of sp³-hybridized carbons (Fsp3) is 0.250. The maximum atomic E-state index is 12.4. The Labute approximate surface area is 182 Å². The van der Waals surface area contributed by atoms with Crippen molar-refractivity contribution in [3.8, 4) is 5.75 Å². The smallest absolute Gasteiger partial charge is 0.307 e. The average molecular weight is 464 g/mol. The van der Waals surface area contributed by atoms with Gasteiger partial charge in [0, 0.05) is 6.54 Å². The number of carbonyl (C=O) groups is 2. The predicted octanol–water partition coefficient (Wildman–Crippen LogP) is 1.81. The highest BCUT2D eigenvalue weighted by Gasteiger charge is 2.14. The van der Waals surface area contributed by atoms with Gasteiger partial charge >= 0.3 is 5.97 Å². The van der Waals surface area contributed by atoms with E-state index in [1.54, 1.807) is 41.8 Å². The van der Waals surface area contributed by atoms with Crippen molar-refractivity contribution >= 4 is 43.5 Å². The van der Waals surface area contributed by atoms with Crippen LogP contribution in [0.15, 0.2) is 58.4 Å². The van der Waals surface area contributed by atoms with Crippen molar-refractivity contribution in [2.75, 3.05) is 13.2 Å². The Balaban J connectivity index is 1.94. The maximum Gasteiger partial charge on any atom is 0.307 e. The largest absolute Gasteiger partial charge is 0.484 e. The molecule has 3 rings (SSSR count). The lowest BCUT2D eigenvalue weighted by Crippen LogP contribution is -2.21. The topological polar surface area (TPSA) is 130 Å². The highest BCUT2D eigenvalue weighted by atomic mass is 32.2. The number of fused-ring (bicyclic) bond motifs is 1. The highest BCUT2D eigenvalue weighted by Crippen LogP contribution is 2.21. The summed E-state index contributed by atoms with van der Waals surface area (Å²) in [6.45, 7) is 1.92. The molecule has 0 fully saturated rings. The van der Waals surface area contributed by atoms with E-state index in [1.165, 1.54) is 12.1 Å². The van der Waals surface area contributed by atoms with E-state index in [2.05, 4.69) is 4.99 Å². The lowest BCUT2D eigenvalue weighted by Gasteiger charge is -2.06. The van der Waals surface area contributed by atoms with Crippen LogP contribution in [0.3, 0.4) is 0 Å².